The van der Waals surface area contributed by atoms with Crippen LogP contribution in [0.5, 0.6) is 0 Å². The lowest BCUT2D eigenvalue weighted by atomic mass is 10.1. The van der Waals surface area contributed by atoms with Crippen molar-refractivity contribution in [3.8, 4) is 0 Å². The highest BCUT2D eigenvalue weighted by Gasteiger charge is 2.45. The van der Waals surface area contributed by atoms with Crippen molar-refractivity contribution >= 4 is 29.7 Å². The van der Waals surface area contributed by atoms with E-state index in [2.05, 4.69) is 15.4 Å². The molecule has 3 amide bonds. The molecular weight excluding hydrogens is 268 g/mol. The number of esters is 1. The number of imide groups is 1. The van der Waals surface area contributed by atoms with Crippen LogP contribution in [-0.2, 0) is 14.3 Å². The Kier molecular flexibility index (Phi) is 5.65. The highest BCUT2D eigenvalue weighted by atomic mass is 32.2. The van der Waals surface area contributed by atoms with Crippen LogP contribution in [0.3, 0.4) is 0 Å². The van der Waals surface area contributed by atoms with Gasteiger partial charge in [0, 0.05) is 12.8 Å². The predicted molar refractivity (Wildman–Crippen MR) is 72.8 cm³/mol. The SMILES string of the molecule is CNC(=O)NC(=O)C(C)SCC1(CC(=O)OC)CC1. The van der Waals surface area contributed by atoms with Crippen LogP contribution in [-0.4, -0.2) is 43.1 Å². The van der Waals surface area contributed by atoms with Crippen molar-refractivity contribution in [3.05, 3.63) is 0 Å². The number of carbonyl (C=O) groups excluding carboxylic acids is 3. The molecule has 1 aliphatic carbocycles. The van der Waals surface area contributed by atoms with Crippen LogP contribution in [0.1, 0.15) is 26.2 Å². The van der Waals surface area contributed by atoms with Crippen LogP contribution < -0.4 is 10.6 Å². The number of amides is 3. The first-order chi connectivity index (χ1) is 8.92. The Morgan fingerprint density at radius 1 is 1.37 bits per heavy atom. The van der Waals surface area contributed by atoms with Gasteiger partial charge in [0.1, 0.15) is 0 Å². The van der Waals surface area contributed by atoms with Crippen molar-refractivity contribution in [1.82, 2.24) is 10.6 Å². The topological polar surface area (TPSA) is 84.5 Å². The molecule has 1 fully saturated rings. The quantitative estimate of drug-likeness (QED) is 0.710. The van der Waals surface area contributed by atoms with Gasteiger partial charge in [-0.25, -0.2) is 4.79 Å². The van der Waals surface area contributed by atoms with Crippen molar-refractivity contribution in [2.24, 2.45) is 5.41 Å². The van der Waals surface area contributed by atoms with Gasteiger partial charge in [0.25, 0.3) is 0 Å². The maximum absolute atomic E-state index is 11.6. The van der Waals surface area contributed by atoms with E-state index in [1.807, 2.05) is 0 Å². The van der Waals surface area contributed by atoms with E-state index in [1.54, 1.807) is 6.92 Å². The first-order valence-electron chi connectivity index (χ1n) is 6.13. The second kappa shape index (κ2) is 6.79. The fourth-order valence-electron chi connectivity index (χ4n) is 1.58. The normalized spacial score (nSPS) is 17.2. The van der Waals surface area contributed by atoms with E-state index in [9.17, 15) is 14.4 Å². The Bertz CT molecular complexity index is 369. The van der Waals surface area contributed by atoms with Crippen LogP contribution in [0.25, 0.3) is 0 Å². The highest BCUT2D eigenvalue weighted by molar-refractivity contribution is 8.00. The zero-order chi connectivity index (χ0) is 14.5. The Morgan fingerprint density at radius 3 is 2.47 bits per heavy atom. The van der Waals surface area contributed by atoms with Gasteiger partial charge >= 0.3 is 12.0 Å². The molecule has 108 valence electrons. The van der Waals surface area contributed by atoms with Crippen molar-refractivity contribution in [1.29, 1.82) is 0 Å². The lowest BCUT2D eigenvalue weighted by Gasteiger charge is -2.16. The third-order valence-corrected chi connectivity index (χ3v) is 4.67. The summed E-state index contributed by atoms with van der Waals surface area (Å²) in [5, 5.41) is 4.24. The van der Waals surface area contributed by atoms with E-state index in [0.29, 0.717) is 6.42 Å². The summed E-state index contributed by atoms with van der Waals surface area (Å²) in [7, 11) is 2.83. The molecule has 0 spiro atoms. The third-order valence-electron chi connectivity index (χ3n) is 3.18. The predicted octanol–water partition coefficient (Wildman–Crippen LogP) is 0.907. The van der Waals surface area contributed by atoms with Gasteiger partial charge in [0.15, 0.2) is 0 Å². The highest BCUT2D eigenvalue weighted by Crippen LogP contribution is 2.51. The monoisotopic (exact) mass is 288 g/mol. The van der Waals surface area contributed by atoms with Gasteiger partial charge in [-0.15, -0.1) is 11.8 Å². The van der Waals surface area contributed by atoms with Gasteiger partial charge in [-0.1, -0.05) is 0 Å². The van der Waals surface area contributed by atoms with Gasteiger partial charge in [-0.2, -0.15) is 0 Å². The zero-order valence-corrected chi connectivity index (χ0v) is 12.3. The molecule has 2 N–H and O–H groups in total. The van der Waals surface area contributed by atoms with E-state index < -0.39 is 6.03 Å². The van der Waals surface area contributed by atoms with Gasteiger partial charge in [-0.3, -0.25) is 14.9 Å². The largest absolute Gasteiger partial charge is 0.469 e. The minimum absolute atomic E-state index is 0.0146. The number of methoxy groups -OCH3 is 1. The Labute approximate surface area is 117 Å². The summed E-state index contributed by atoms with van der Waals surface area (Å²) in [5.41, 5.74) is -0.0146. The first kappa shape index (κ1) is 15.8. The van der Waals surface area contributed by atoms with Crippen LogP contribution in [0.15, 0.2) is 0 Å². The molecule has 19 heavy (non-hydrogen) atoms. The molecule has 0 bridgehead atoms. The van der Waals surface area contributed by atoms with Crippen LogP contribution >= 0.6 is 11.8 Å². The number of hydrogen-bond donors (Lipinski definition) is 2. The van der Waals surface area contributed by atoms with Crippen molar-refractivity contribution < 1.29 is 19.1 Å². The molecule has 1 rings (SSSR count). The number of thioether (sulfide) groups is 1. The molecule has 6 nitrogen and oxygen atoms in total. The Balaban J connectivity index is 2.33. The number of nitrogens with one attached hydrogen (secondary N) is 2. The minimum Gasteiger partial charge on any atom is -0.469 e. The van der Waals surface area contributed by atoms with Gasteiger partial charge in [0.2, 0.25) is 5.91 Å². The fraction of sp³-hybridized carbons (Fsp3) is 0.750. The second-order valence-corrected chi connectivity index (χ2v) is 6.10. The molecule has 1 aliphatic rings. The number of hydrogen-bond acceptors (Lipinski definition) is 5. The zero-order valence-electron chi connectivity index (χ0n) is 11.4. The van der Waals surface area contributed by atoms with Gasteiger partial charge in [0.05, 0.1) is 18.8 Å². The standard InChI is InChI=1S/C12H20N2O4S/c1-8(10(16)14-11(17)13-2)19-7-12(4-5-12)6-9(15)18-3/h8H,4-7H2,1-3H3,(H2,13,14,16,17). The smallest absolute Gasteiger partial charge is 0.321 e. The number of ether oxygens (including phenoxy) is 1. The third kappa shape index (κ3) is 5.10. The van der Waals surface area contributed by atoms with Crippen LogP contribution in [0.4, 0.5) is 4.79 Å². The van der Waals surface area contributed by atoms with E-state index in [4.69, 9.17) is 0 Å². The van der Waals surface area contributed by atoms with Crippen LogP contribution in [0, 0.1) is 5.41 Å². The Morgan fingerprint density at radius 2 is 2.00 bits per heavy atom. The van der Waals surface area contributed by atoms with Gasteiger partial charge < -0.3 is 10.1 Å². The van der Waals surface area contributed by atoms with E-state index >= 15 is 0 Å². The minimum atomic E-state index is -0.506. The average molecular weight is 288 g/mol. The average Bonchev–Trinajstić information content (AvgIpc) is 3.15. The first-order valence-corrected chi connectivity index (χ1v) is 7.18. The second-order valence-electron chi connectivity index (χ2n) is 4.77. The summed E-state index contributed by atoms with van der Waals surface area (Å²) < 4.78 is 4.67. The molecule has 0 radical (unpaired) electrons. The molecular formula is C12H20N2O4S. The molecule has 0 saturated heterocycles. The van der Waals surface area contributed by atoms with E-state index in [-0.39, 0.29) is 22.5 Å². The van der Waals surface area contributed by atoms with Gasteiger partial charge in [-0.05, 0) is 25.2 Å². The van der Waals surface area contributed by atoms with E-state index in [0.717, 1.165) is 18.6 Å². The lowest BCUT2D eigenvalue weighted by Crippen LogP contribution is -2.41. The Hall–Kier alpha value is -1.24. The number of carbonyl (C=O) groups is 3. The summed E-state index contributed by atoms with van der Waals surface area (Å²) in [5.74, 6) is 0.198. The van der Waals surface area contributed by atoms with Crippen LogP contribution in [0.2, 0.25) is 0 Å². The number of rotatable bonds is 6. The summed E-state index contributed by atoms with van der Waals surface area (Å²) in [6.45, 7) is 1.75. The summed E-state index contributed by atoms with van der Waals surface area (Å²) in [6, 6.07) is -0.506. The summed E-state index contributed by atoms with van der Waals surface area (Å²) in [4.78, 5) is 33.9. The molecule has 0 aromatic heterocycles. The molecule has 1 saturated carbocycles. The lowest BCUT2D eigenvalue weighted by molar-refractivity contribution is -0.141. The summed E-state index contributed by atoms with van der Waals surface area (Å²) >= 11 is 1.46. The van der Waals surface area contributed by atoms with Crippen molar-refractivity contribution in [2.45, 2.75) is 31.4 Å². The number of urea groups is 1. The van der Waals surface area contributed by atoms with Crippen molar-refractivity contribution in [3.63, 3.8) is 0 Å². The molecule has 0 aromatic rings. The molecule has 1 atom stereocenters. The molecule has 1 unspecified atom stereocenters. The fourth-order valence-corrected chi connectivity index (χ4v) is 2.79. The maximum Gasteiger partial charge on any atom is 0.321 e. The molecule has 0 aliphatic heterocycles. The summed E-state index contributed by atoms with van der Waals surface area (Å²) in [6.07, 6.45) is 2.37. The molecule has 0 aromatic carbocycles. The van der Waals surface area contributed by atoms with E-state index in [1.165, 1.54) is 25.9 Å². The maximum atomic E-state index is 11.6. The van der Waals surface area contributed by atoms with Crippen molar-refractivity contribution in [2.75, 3.05) is 19.9 Å². The molecule has 0 heterocycles. The molecule has 7 heteroatoms.